The number of rotatable bonds is 3. The van der Waals surface area contributed by atoms with Crippen LogP contribution in [0.5, 0.6) is 0 Å². The molecule has 0 aromatic heterocycles. The molecule has 1 amide bonds. The van der Waals surface area contributed by atoms with Crippen LogP contribution in [0.25, 0.3) is 0 Å². The van der Waals surface area contributed by atoms with Crippen LogP contribution in [0, 0.1) is 5.92 Å². The Hall–Kier alpha value is -1.59. The molecule has 3 rings (SSSR count). The number of aliphatic hydroxyl groups excluding tert-OH is 1. The molecule has 0 aliphatic carbocycles. The number of fused-ring (bicyclic) bond motifs is 1. The average Bonchev–Trinajstić information content (AvgIpc) is 2.55. The monoisotopic (exact) mass is 289 g/mol. The first-order valence-corrected chi connectivity index (χ1v) is 7.71. The van der Waals surface area contributed by atoms with Crippen molar-refractivity contribution in [3.05, 3.63) is 29.8 Å². The zero-order valence-corrected chi connectivity index (χ0v) is 12.3. The Morgan fingerprint density at radius 2 is 2.00 bits per heavy atom. The van der Waals surface area contributed by atoms with E-state index in [4.69, 9.17) is 5.11 Å². The van der Waals surface area contributed by atoms with Gasteiger partial charge in [0.15, 0.2) is 0 Å². The molecule has 2 N–H and O–H groups in total. The summed E-state index contributed by atoms with van der Waals surface area (Å²) in [6.07, 6.45) is 0.832. The minimum atomic E-state index is 0.0456. The third-order valence-electron chi connectivity index (χ3n) is 4.47. The largest absolute Gasteiger partial charge is 0.395 e. The molecule has 1 aromatic rings. The number of hydrogen-bond donors (Lipinski definition) is 2. The lowest BCUT2D eigenvalue weighted by atomic mass is 9.92. The van der Waals surface area contributed by atoms with E-state index in [0.717, 1.165) is 44.8 Å². The van der Waals surface area contributed by atoms with E-state index in [1.54, 1.807) is 0 Å². The van der Waals surface area contributed by atoms with E-state index >= 15 is 0 Å². The first-order valence-electron chi connectivity index (χ1n) is 7.71. The maximum atomic E-state index is 12.6. The molecule has 0 radical (unpaired) electrons. The topological polar surface area (TPSA) is 55.8 Å². The average molecular weight is 289 g/mol. The molecule has 5 nitrogen and oxygen atoms in total. The Labute approximate surface area is 125 Å². The highest BCUT2D eigenvalue weighted by Crippen LogP contribution is 2.25. The van der Waals surface area contributed by atoms with Gasteiger partial charge in [0, 0.05) is 45.0 Å². The minimum Gasteiger partial charge on any atom is -0.395 e. The first kappa shape index (κ1) is 14.4. The number of carbonyl (C=O) groups is 1. The summed E-state index contributed by atoms with van der Waals surface area (Å²) >= 11 is 0. The second-order valence-electron chi connectivity index (χ2n) is 5.83. The highest BCUT2D eigenvalue weighted by atomic mass is 16.3. The van der Waals surface area contributed by atoms with Crippen LogP contribution >= 0.6 is 0 Å². The molecule has 1 aromatic carbocycles. The number of piperazine rings is 1. The fourth-order valence-electron chi connectivity index (χ4n) is 3.21. The minimum absolute atomic E-state index is 0.0456. The molecule has 114 valence electrons. The van der Waals surface area contributed by atoms with Gasteiger partial charge in [-0.1, -0.05) is 18.2 Å². The third kappa shape index (κ3) is 3.19. The molecule has 2 aliphatic rings. The number of benzene rings is 1. The van der Waals surface area contributed by atoms with Crippen molar-refractivity contribution in [3.63, 3.8) is 0 Å². The van der Waals surface area contributed by atoms with Crippen molar-refractivity contribution in [2.24, 2.45) is 5.92 Å². The lowest BCUT2D eigenvalue weighted by molar-refractivity contribution is -0.137. The van der Waals surface area contributed by atoms with Crippen LogP contribution in [0.2, 0.25) is 0 Å². The normalized spacial score (nSPS) is 22.5. The van der Waals surface area contributed by atoms with Crippen molar-refractivity contribution >= 4 is 11.6 Å². The van der Waals surface area contributed by atoms with Crippen molar-refractivity contribution in [1.82, 2.24) is 9.80 Å². The predicted octanol–water partition coefficient (Wildman–Crippen LogP) is 0.407. The van der Waals surface area contributed by atoms with Gasteiger partial charge in [0.25, 0.3) is 0 Å². The Balaban J connectivity index is 1.57. The summed E-state index contributed by atoms with van der Waals surface area (Å²) in [5, 5.41) is 12.3. The van der Waals surface area contributed by atoms with Gasteiger partial charge in [-0.15, -0.1) is 0 Å². The summed E-state index contributed by atoms with van der Waals surface area (Å²) in [6.45, 7) is 4.91. The third-order valence-corrected chi connectivity index (χ3v) is 4.47. The molecule has 1 fully saturated rings. The highest BCUT2D eigenvalue weighted by molar-refractivity contribution is 5.81. The molecule has 5 heteroatoms. The van der Waals surface area contributed by atoms with Crippen LogP contribution in [0.1, 0.15) is 5.56 Å². The summed E-state index contributed by atoms with van der Waals surface area (Å²) in [7, 11) is 0. The van der Waals surface area contributed by atoms with E-state index in [2.05, 4.69) is 22.3 Å². The molecule has 1 atom stereocenters. The van der Waals surface area contributed by atoms with Crippen molar-refractivity contribution in [2.75, 3.05) is 51.2 Å². The lowest BCUT2D eigenvalue weighted by Gasteiger charge is -2.37. The van der Waals surface area contributed by atoms with Gasteiger partial charge in [0.1, 0.15) is 0 Å². The van der Waals surface area contributed by atoms with Crippen LogP contribution in [0.3, 0.4) is 0 Å². The smallest absolute Gasteiger partial charge is 0.227 e. The molecular weight excluding hydrogens is 266 g/mol. The number of amides is 1. The fraction of sp³-hybridized carbons (Fsp3) is 0.562. The van der Waals surface area contributed by atoms with E-state index < -0.39 is 0 Å². The van der Waals surface area contributed by atoms with Gasteiger partial charge in [-0.2, -0.15) is 0 Å². The molecule has 2 heterocycles. The lowest BCUT2D eigenvalue weighted by Crippen LogP contribution is -2.52. The van der Waals surface area contributed by atoms with Gasteiger partial charge in [0.2, 0.25) is 5.91 Å². The van der Waals surface area contributed by atoms with Crippen LogP contribution in [-0.2, 0) is 11.2 Å². The zero-order valence-electron chi connectivity index (χ0n) is 12.3. The van der Waals surface area contributed by atoms with Crippen LogP contribution in [0.4, 0.5) is 5.69 Å². The van der Waals surface area contributed by atoms with E-state index in [1.807, 2.05) is 17.0 Å². The quantitative estimate of drug-likeness (QED) is 0.846. The molecule has 21 heavy (non-hydrogen) atoms. The fourth-order valence-corrected chi connectivity index (χ4v) is 3.21. The zero-order chi connectivity index (χ0) is 14.7. The van der Waals surface area contributed by atoms with Gasteiger partial charge < -0.3 is 15.3 Å². The second kappa shape index (κ2) is 6.45. The summed E-state index contributed by atoms with van der Waals surface area (Å²) in [5.74, 6) is 0.310. The van der Waals surface area contributed by atoms with Gasteiger partial charge in [-0.05, 0) is 18.1 Å². The van der Waals surface area contributed by atoms with E-state index in [0.29, 0.717) is 6.54 Å². The Kier molecular flexibility index (Phi) is 4.41. The number of para-hydroxylation sites is 1. The van der Waals surface area contributed by atoms with Crippen LogP contribution < -0.4 is 5.32 Å². The Bertz CT molecular complexity index is 498. The van der Waals surface area contributed by atoms with E-state index in [9.17, 15) is 4.79 Å². The standard InChI is InChI=1S/C16H23N3O2/c20-10-9-18-5-7-19(8-6-18)16(21)14-11-13-3-1-2-4-15(13)17-12-14/h1-4,14,17,20H,5-12H2. The maximum absolute atomic E-state index is 12.6. The highest BCUT2D eigenvalue weighted by Gasteiger charge is 2.29. The Morgan fingerprint density at radius 1 is 1.24 bits per heavy atom. The molecule has 0 saturated carbocycles. The molecule has 0 bridgehead atoms. The molecule has 1 unspecified atom stereocenters. The number of nitrogens with zero attached hydrogens (tertiary/aromatic N) is 2. The first-order chi connectivity index (χ1) is 10.3. The van der Waals surface area contributed by atoms with Crippen molar-refractivity contribution in [2.45, 2.75) is 6.42 Å². The summed E-state index contributed by atoms with van der Waals surface area (Å²) in [5.41, 5.74) is 2.40. The molecular formula is C16H23N3O2. The maximum Gasteiger partial charge on any atom is 0.227 e. The van der Waals surface area contributed by atoms with Crippen molar-refractivity contribution < 1.29 is 9.90 Å². The van der Waals surface area contributed by atoms with E-state index in [1.165, 1.54) is 5.56 Å². The van der Waals surface area contributed by atoms with Crippen molar-refractivity contribution in [3.8, 4) is 0 Å². The van der Waals surface area contributed by atoms with Gasteiger partial charge in [-0.25, -0.2) is 0 Å². The SMILES string of the molecule is O=C(C1CNc2ccccc2C1)N1CCN(CCO)CC1. The van der Waals surface area contributed by atoms with Crippen molar-refractivity contribution in [1.29, 1.82) is 0 Å². The molecule has 0 spiro atoms. The summed E-state index contributed by atoms with van der Waals surface area (Å²) in [4.78, 5) is 16.8. The summed E-state index contributed by atoms with van der Waals surface area (Å²) in [6, 6.07) is 8.22. The van der Waals surface area contributed by atoms with Gasteiger partial charge in [-0.3, -0.25) is 9.69 Å². The predicted molar refractivity (Wildman–Crippen MR) is 82.2 cm³/mol. The van der Waals surface area contributed by atoms with Crippen LogP contribution in [-0.4, -0.2) is 66.7 Å². The molecule has 1 saturated heterocycles. The number of carbonyl (C=O) groups excluding carboxylic acids is 1. The number of β-amino-alcohol motifs (C(OH)–C–C–N with tert-alkyl or cyclic N) is 1. The van der Waals surface area contributed by atoms with E-state index in [-0.39, 0.29) is 18.4 Å². The number of aliphatic hydroxyl groups is 1. The molecule has 2 aliphatic heterocycles. The van der Waals surface area contributed by atoms with Gasteiger partial charge in [0.05, 0.1) is 12.5 Å². The Morgan fingerprint density at radius 3 is 2.76 bits per heavy atom. The number of hydrogen-bond acceptors (Lipinski definition) is 4. The summed E-state index contributed by atoms with van der Waals surface area (Å²) < 4.78 is 0. The number of nitrogens with one attached hydrogen (secondary N) is 1. The van der Waals surface area contributed by atoms with Crippen LogP contribution in [0.15, 0.2) is 24.3 Å². The second-order valence-corrected chi connectivity index (χ2v) is 5.83. The van der Waals surface area contributed by atoms with Gasteiger partial charge >= 0.3 is 0 Å². The number of anilines is 1.